The molecule has 1 fully saturated rings. The first kappa shape index (κ1) is 19.1. The molecule has 0 radical (unpaired) electrons. The molecular formula is C21H24N6O2. The van der Waals surface area contributed by atoms with Gasteiger partial charge in [-0.25, -0.2) is 4.68 Å². The summed E-state index contributed by atoms with van der Waals surface area (Å²) in [5, 5.41) is 11.1. The number of likely N-dealkylation sites (N-methyl/N-ethyl adjacent to an activating group) is 1. The van der Waals surface area contributed by atoms with Crippen LogP contribution in [0.2, 0.25) is 0 Å². The van der Waals surface area contributed by atoms with Crippen LogP contribution in [0.5, 0.6) is 5.75 Å². The summed E-state index contributed by atoms with van der Waals surface area (Å²) in [6.45, 7) is 4.14. The predicted molar refractivity (Wildman–Crippen MR) is 108 cm³/mol. The van der Waals surface area contributed by atoms with Crippen molar-refractivity contribution >= 4 is 5.91 Å². The number of rotatable bonds is 5. The molecule has 0 saturated carbocycles. The second-order valence-electron chi connectivity index (χ2n) is 7.23. The van der Waals surface area contributed by atoms with Gasteiger partial charge in [0.2, 0.25) is 0 Å². The number of carbonyl (C=O) groups is 1. The lowest BCUT2D eigenvalue weighted by atomic mass is 10.0. The van der Waals surface area contributed by atoms with Crippen molar-refractivity contribution < 1.29 is 9.53 Å². The molecule has 0 spiro atoms. The van der Waals surface area contributed by atoms with E-state index in [0.29, 0.717) is 12.3 Å². The first-order valence-electron chi connectivity index (χ1n) is 9.66. The van der Waals surface area contributed by atoms with Crippen LogP contribution in [-0.4, -0.2) is 68.7 Å². The second-order valence-corrected chi connectivity index (χ2v) is 7.23. The van der Waals surface area contributed by atoms with Gasteiger partial charge in [-0.3, -0.25) is 4.79 Å². The Morgan fingerprint density at radius 3 is 2.55 bits per heavy atom. The summed E-state index contributed by atoms with van der Waals surface area (Å²) >= 11 is 0. The third-order valence-corrected chi connectivity index (χ3v) is 5.16. The van der Waals surface area contributed by atoms with E-state index >= 15 is 0 Å². The Hall–Kier alpha value is -3.26. The quantitative estimate of drug-likeness (QED) is 0.661. The number of ether oxygens (including phenoxy) is 1. The fraction of sp³-hybridized carbons (Fsp3) is 0.333. The highest BCUT2D eigenvalue weighted by atomic mass is 16.5. The van der Waals surface area contributed by atoms with E-state index in [1.54, 1.807) is 11.6 Å². The third kappa shape index (κ3) is 4.27. The number of benzene rings is 2. The van der Waals surface area contributed by atoms with E-state index in [1.165, 1.54) is 6.33 Å². The molecule has 1 aliphatic heterocycles. The normalized spacial score (nSPS) is 18.4. The van der Waals surface area contributed by atoms with Crippen molar-refractivity contribution in [1.29, 1.82) is 0 Å². The van der Waals surface area contributed by atoms with Gasteiger partial charge in [-0.05, 0) is 54.2 Å². The average Bonchev–Trinajstić information content (AvgIpc) is 3.29. The lowest BCUT2D eigenvalue weighted by Gasteiger charge is -2.41. The molecule has 1 aliphatic rings. The lowest BCUT2D eigenvalue weighted by Crippen LogP contribution is -2.52. The number of hydrogen-bond donors (Lipinski definition) is 0. The van der Waals surface area contributed by atoms with Gasteiger partial charge in [0.05, 0.1) is 11.7 Å². The number of tetrazole rings is 1. The minimum absolute atomic E-state index is 0.00324. The van der Waals surface area contributed by atoms with Gasteiger partial charge in [0.15, 0.2) is 6.10 Å². The molecule has 8 nitrogen and oxygen atoms in total. The van der Waals surface area contributed by atoms with Crippen LogP contribution in [0.3, 0.4) is 0 Å². The Balaban J connectivity index is 1.46. The highest BCUT2D eigenvalue weighted by molar-refractivity contribution is 5.81. The van der Waals surface area contributed by atoms with Gasteiger partial charge >= 0.3 is 0 Å². The van der Waals surface area contributed by atoms with Crippen LogP contribution in [0.1, 0.15) is 18.5 Å². The molecule has 0 N–H and O–H groups in total. The van der Waals surface area contributed by atoms with Gasteiger partial charge in [-0.15, -0.1) is 5.10 Å². The number of aromatic nitrogens is 4. The molecule has 2 atom stereocenters. The van der Waals surface area contributed by atoms with Crippen molar-refractivity contribution in [2.75, 3.05) is 26.7 Å². The van der Waals surface area contributed by atoms with Crippen molar-refractivity contribution in [3.63, 3.8) is 0 Å². The van der Waals surface area contributed by atoms with Gasteiger partial charge in [0.25, 0.3) is 5.91 Å². The molecule has 2 aromatic carbocycles. The number of piperazine rings is 1. The molecule has 2 heterocycles. The van der Waals surface area contributed by atoms with E-state index in [9.17, 15) is 4.79 Å². The average molecular weight is 392 g/mol. The van der Waals surface area contributed by atoms with Crippen LogP contribution in [0.15, 0.2) is 60.9 Å². The van der Waals surface area contributed by atoms with Gasteiger partial charge in [0.1, 0.15) is 12.1 Å². The molecule has 4 rings (SSSR count). The summed E-state index contributed by atoms with van der Waals surface area (Å²) in [4.78, 5) is 17.4. The van der Waals surface area contributed by atoms with Crippen molar-refractivity contribution in [3.05, 3.63) is 66.5 Å². The minimum atomic E-state index is -0.580. The molecule has 0 unspecified atom stereocenters. The topological polar surface area (TPSA) is 76.4 Å². The number of amides is 1. The summed E-state index contributed by atoms with van der Waals surface area (Å²) in [5.74, 6) is 0.629. The van der Waals surface area contributed by atoms with Crippen LogP contribution >= 0.6 is 0 Å². The van der Waals surface area contributed by atoms with E-state index in [-0.39, 0.29) is 11.9 Å². The van der Waals surface area contributed by atoms with E-state index in [1.807, 2.05) is 47.4 Å². The molecular weight excluding hydrogens is 368 g/mol. The zero-order valence-corrected chi connectivity index (χ0v) is 16.5. The number of hydrogen-bond acceptors (Lipinski definition) is 6. The van der Waals surface area contributed by atoms with E-state index < -0.39 is 6.10 Å². The second kappa shape index (κ2) is 8.40. The molecule has 0 aliphatic carbocycles. The number of carbonyl (C=O) groups excluding carboxylic acids is 1. The molecule has 1 amide bonds. The Labute approximate surface area is 169 Å². The summed E-state index contributed by atoms with van der Waals surface area (Å²) in [7, 11) is 2.09. The van der Waals surface area contributed by atoms with Crippen molar-refractivity contribution in [2.24, 2.45) is 0 Å². The molecule has 150 valence electrons. The lowest BCUT2D eigenvalue weighted by molar-refractivity contribution is -0.143. The molecule has 8 heteroatoms. The van der Waals surface area contributed by atoms with Crippen LogP contribution in [0.25, 0.3) is 5.69 Å². The van der Waals surface area contributed by atoms with Crippen molar-refractivity contribution in [1.82, 2.24) is 30.0 Å². The van der Waals surface area contributed by atoms with Crippen LogP contribution in [0, 0.1) is 0 Å². The maximum absolute atomic E-state index is 13.2. The fourth-order valence-corrected chi connectivity index (χ4v) is 3.59. The van der Waals surface area contributed by atoms with E-state index in [0.717, 1.165) is 24.3 Å². The number of nitrogens with zero attached hydrogens (tertiary/aromatic N) is 6. The van der Waals surface area contributed by atoms with Gasteiger partial charge in [-0.1, -0.05) is 30.3 Å². The maximum Gasteiger partial charge on any atom is 0.263 e. The maximum atomic E-state index is 13.2. The van der Waals surface area contributed by atoms with Gasteiger partial charge in [-0.2, -0.15) is 0 Å². The van der Waals surface area contributed by atoms with Gasteiger partial charge in [0, 0.05) is 19.6 Å². The Kier molecular flexibility index (Phi) is 5.53. The SMILES string of the molecule is C[C@@H](Oc1ccc(-n2cnnn2)cc1)C(=O)N1CCN(C)C[C@H]1c1ccccc1. The molecule has 0 bridgehead atoms. The van der Waals surface area contributed by atoms with Crippen LogP contribution < -0.4 is 4.74 Å². The molecule has 1 aromatic heterocycles. The molecule has 1 saturated heterocycles. The van der Waals surface area contributed by atoms with E-state index in [2.05, 4.69) is 39.6 Å². The summed E-state index contributed by atoms with van der Waals surface area (Å²) in [6.07, 6.45) is 0.947. The zero-order chi connectivity index (χ0) is 20.2. The first-order valence-corrected chi connectivity index (χ1v) is 9.66. The Morgan fingerprint density at radius 2 is 1.86 bits per heavy atom. The van der Waals surface area contributed by atoms with Crippen molar-refractivity contribution in [2.45, 2.75) is 19.1 Å². The Bertz CT molecular complexity index is 930. The first-order chi connectivity index (χ1) is 14.1. The van der Waals surface area contributed by atoms with E-state index in [4.69, 9.17) is 4.74 Å². The highest BCUT2D eigenvalue weighted by Gasteiger charge is 2.33. The fourth-order valence-electron chi connectivity index (χ4n) is 3.59. The zero-order valence-electron chi connectivity index (χ0n) is 16.5. The minimum Gasteiger partial charge on any atom is -0.481 e. The Morgan fingerprint density at radius 1 is 1.10 bits per heavy atom. The summed E-state index contributed by atoms with van der Waals surface area (Å²) in [6, 6.07) is 17.5. The summed E-state index contributed by atoms with van der Waals surface area (Å²) in [5.41, 5.74) is 1.97. The highest BCUT2D eigenvalue weighted by Crippen LogP contribution is 2.26. The molecule has 29 heavy (non-hydrogen) atoms. The smallest absolute Gasteiger partial charge is 0.263 e. The van der Waals surface area contributed by atoms with Crippen LogP contribution in [0.4, 0.5) is 0 Å². The largest absolute Gasteiger partial charge is 0.481 e. The van der Waals surface area contributed by atoms with Crippen molar-refractivity contribution in [3.8, 4) is 11.4 Å². The van der Waals surface area contributed by atoms with Gasteiger partial charge < -0.3 is 14.5 Å². The predicted octanol–water partition coefficient (Wildman–Crippen LogP) is 1.94. The summed E-state index contributed by atoms with van der Waals surface area (Å²) < 4.78 is 7.51. The molecule has 3 aromatic rings. The van der Waals surface area contributed by atoms with Crippen LogP contribution in [-0.2, 0) is 4.79 Å². The third-order valence-electron chi connectivity index (χ3n) is 5.16. The standard InChI is InChI=1S/C21H24N6O2/c1-16(29-19-10-8-18(9-11-19)27-15-22-23-24-27)21(28)26-13-12-25(2)14-20(26)17-6-4-3-5-7-17/h3-11,15-16,20H,12-14H2,1-2H3/t16-,20+/m1/s1. The monoisotopic (exact) mass is 392 g/mol.